The highest BCUT2D eigenvalue weighted by molar-refractivity contribution is 5.93. The largest absolute Gasteiger partial charge is 0.339 e. The van der Waals surface area contributed by atoms with E-state index in [1.54, 1.807) is 0 Å². The molecule has 0 saturated carbocycles. The number of anilines is 1. The first-order valence-corrected chi connectivity index (χ1v) is 9.40. The van der Waals surface area contributed by atoms with Gasteiger partial charge in [0.2, 0.25) is 11.8 Å². The Kier molecular flexibility index (Phi) is 11.7. The quantitative estimate of drug-likeness (QED) is 0.723. The van der Waals surface area contributed by atoms with Crippen molar-refractivity contribution in [1.82, 2.24) is 9.80 Å². The van der Waals surface area contributed by atoms with Gasteiger partial charge in [0.25, 0.3) is 0 Å². The smallest absolute Gasteiger partial charge is 0.239 e. The molecule has 28 heavy (non-hydrogen) atoms. The van der Waals surface area contributed by atoms with E-state index in [4.69, 9.17) is 5.73 Å². The van der Waals surface area contributed by atoms with Crippen LogP contribution in [0.15, 0.2) is 18.2 Å². The van der Waals surface area contributed by atoms with Gasteiger partial charge in [-0.2, -0.15) is 0 Å². The van der Waals surface area contributed by atoms with Crippen molar-refractivity contribution < 1.29 is 9.59 Å². The van der Waals surface area contributed by atoms with Crippen molar-refractivity contribution in [3.05, 3.63) is 29.3 Å². The molecule has 3 N–H and O–H groups in total. The Morgan fingerprint density at radius 2 is 1.61 bits per heavy atom. The number of halogens is 2. The van der Waals surface area contributed by atoms with Crippen LogP contribution in [0.4, 0.5) is 5.69 Å². The molecule has 1 aliphatic heterocycles. The average molecular weight is 433 g/mol. The van der Waals surface area contributed by atoms with Gasteiger partial charge in [-0.3, -0.25) is 14.5 Å². The van der Waals surface area contributed by atoms with Crippen LogP contribution in [0.5, 0.6) is 0 Å². The summed E-state index contributed by atoms with van der Waals surface area (Å²) in [7, 11) is 0. The molecule has 1 fully saturated rings. The van der Waals surface area contributed by atoms with E-state index in [9.17, 15) is 9.59 Å². The fourth-order valence-corrected chi connectivity index (χ4v) is 3.36. The van der Waals surface area contributed by atoms with E-state index >= 15 is 0 Å². The maximum Gasteiger partial charge on any atom is 0.239 e. The van der Waals surface area contributed by atoms with E-state index < -0.39 is 6.04 Å². The Labute approximate surface area is 181 Å². The Balaban J connectivity index is 0.00000364. The van der Waals surface area contributed by atoms with Gasteiger partial charge in [-0.15, -0.1) is 24.8 Å². The number of hydrogen-bond donors (Lipinski definition) is 2. The van der Waals surface area contributed by atoms with Gasteiger partial charge in [-0.25, -0.2) is 0 Å². The lowest BCUT2D eigenvalue weighted by molar-refractivity contribution is -0.134. The zero-order valence-corrected chi connectivity index (χ0v) is 18.9. The van der Waals surface area contributed by atoms with Gasteiger partial charge in [0.05, 0.1) is 12.6 Å². The number of piperazine rings is 1. The average Bonchev–Trinajstić information content (AvgIpc) is 2.58. The van der Waals surface area contributed by atoms with E-state index in [1.165, 1.54) is 0 Å². The van der Waals surface area contributed by atoms with Gasteiger partial charge in [-0.1, -0.05) is 32.0 Å². The molecule has 0 aromatic heterocycles. The number of carbonyl (C=O) groups excluding carboxylic acids is 2. The minimum Gasteiger partial charge on any atom is -0.339 e. The minimum absolute atomic E-state index is 0. The van der Waals surface area contributed by atoms with Crippen LogP contribution in [0.25, 0.3) is 0 Å². The Hall–Kier alpha value is -1.34. The lowest BCUT2D eigenvalue weighted by Crippen LogP contribution is -2.54. The molecule has 1 aromatic rings. The second-order valence-corrected chi connectivity index (χ2v) is 7.65. The summed E-state index contributed by atoms with van der Waals surface area (Å²) in [6.07, 6.45) is 0.706. The summed E-state index contributed by atoms with van der Waals surface area (Å²) in [6.45, 7) is 11.1. The van der Waals surface area contributed by atoms with Crippen LogP contribution in [-0.4, -0.2) is 60.4 Å². The first-order valence-electron chi connectivity index (χ1n) is 9.40. The lowest BCUT2D eigenvalue weighted by atomic mass is 10.0. The van der Waals surface area contributed by atoms with Crippen LogP contribution in [0, 0.1) is 19.8 Å². The summed E-state index contributed by atoms with van der Waals surface area (Å²) in [5, 5.41) is 3.02. The number of nitrogens with two attached hydrogens (primary N) is 1. The number of hydrogen-bond acceptors (Lipinski definition) is 4. The second-order valence-electron chi connectivity index (χ2n) is 7.65. The molecule has 8 heteroatoms. The Morgan fingerprint density at radius 1 is 1.07 bits per heavy atom. The van der Waals surface area contributed by atoms with E-state index in [-0.39, 0.29) is 36.6 Å². The molecule has 0 bridgehead atoms. The van der Waals surface area contributed by atoms with Gasteiger partial charge in [0.15, 0.2) is 0 Å². The predicted octanol–water partition coefficient (Wildman–Crippen LogP) is 2.60. The van der Waals surface area contributed by atoms with Gasteiger partial charge in [-0.05, 0) is 37.3 Å². The Bertz CT molecular complexity index is 627. The van der Waals surface area contributed by atoms with Crippen LogP contribution in [-0.2, 0) is 9.59 Å². The molecule has 160 valence electrons. The highest BCUT2D eigenvalue weighted by atomic mass is 35.5. The number of aryl methyl sites for hydroxylation is 2. The molecular weight excluding hydrogens is 399 g/mol. The molecule has 2 amide bonds. The second kappa shape index (κ2) is 12.3. The van der Waals surface area contributed by atoms with Crippen molar-refractivity contribution in [1.29, 1.82) is 0 Å². The van der Waals surface area contributed by atoms with Crippen molar-refractivity contribution in [3.8, 4) is 0 Å². The molecule has 1 atom stereocenters. The summed E-state index contributed by atoms with van der Waals surface area (Å²) in [5.41, 5.74) is 9.03. The monoisotopic (exact) mass is 432 g/mol. The van der Waals surface area contributed by atoms with Gasteiger partial charge >= 0.3 is 0 Å². The summed E-state index contributed by atoms with van der Waals surface area (Å²) >= 11 is 0. The van der Waals surface area contributed by atoms with E-state index in [0.29, 0.717) is 45.1 Å². The number of benzene rings is 1. The van der Waals surface area contributed by atoms with E-state index in [2.05, 4.69) is 24.1 Å². The molecule has 0 spiro atoms. The zero-order valence-electron chi connectivity index (χ0n) is 17.2. The molecule has 2 rings (SSSR count). The van der Waals surface area contributed by atoms with E-state index in [0.717, 1.165) is 16.8 Å². The third kappa shape index (κ3) is 7.59. The summed E-state index contributed by atoms with van der Waals surface area (Å²) in [4.78, 5) is 28.7. The highest BCUT2D eigenvalue weighted by Crippen LogP contribution is 2.19. The van der Waals surface area contributed by atoms with Crippen LogP contribution >= 0.6 is 24.8 Å². The van der Waals surface area contributed by atoms with Gasteiger partial charge < -0.3 is 16.0 Å². The fraction of sp³-hybridized carbons (Fsp3) is 0.600. The van der Waals surface area contributed by atoms with E-state index in [1.807, 2.05) is 36.9 Å². The molecule has 1 heterocycles. The number of nitrogens with zero attached hydrogens (tertiary/aromatic N) is 2. The predicted molar refractivity (Wildman–Crippen MR) is 119 cm³/mol. The molecule has 0 aliphatic carbocycles. The van der Waals surface area contributed by atoms with Crippen molar-refractivity contribution in [2.24, 2.45) is 11.7 Å². The van der Waals surface area contributed by atoms with Crippen molar-refractivity contribution in [2.75, 3.05) is 38.0 Å². The molecule has 1 saturated heterocycles. The molecule has 1 aromatic carbocycles. The topological polar surface area (TPSA) is 78.7 Å². The highest BCUT2D eigenvalue weighted by Gasteiger charge is 2.26. The summed E-state index contributed by atoms with van der Waals surface area (Å²) in [6, 6.07) is 5.55. The van der Waals surface area contributed by atoms with Crippen molar-refractivity contribution in [2.45, 2.75) is 40.2 Å². The standard InChI is InChI=1S/C20H32N4O2.2ClH/c1-14(2)12-17(21)20(26)24-10-8-23(9-11-24)13-18(25)22-19-15(3)6-5-7-16(19)4;;/h5-7,14,17H,8-13,21H2,1-4H3,(H,22,25);2*1H/t17-;;/m0../s1. The zero-order chi connectivity index (χ0) is 19.3. The Morgan fingerprint density at radius 3 is 2.11 bits per heavy atom. The SMILES string of the molecule is Cc1cccc(C)c1NC(=O)CN1CCN(C(=O)[C@@H](N)CC(C)C)CC1.Cl.Cl. The van der Waals surface area contributed by atoms with Gasteiger partial charge in [0, 0.05) is 31.9 Å². The first kappa shape index (κ1) is 26.7. The maximum atomic E-state index is 12.4. The fourth-order valence-electron chi connectivity index (χ4n) is 3.36. The minimum atomic E-state index is -0.422. The number of amides is 2. The lowest BCUT2D eigenvalue weighted by Gasteiger charge is -2.35. The summed E-state index contributed by atoms with van der Waals surface area (Å²) < 4.78 is 0. The van der Waals surface area contributed by atoms with Crippen molar-refractivity contribution >= 4 is 42.3 Å². The van der Waals surface area contributed by atoms with Gasteiger partial charge in [0.1, 0.15) is 0 Å². The number of para-hydroxylation sites is 1. The number of nitrogens with one attached hydrogen (secondary N) is 1. The number of rotatable bonds is 6. The van der Waals surface area contributed by atoms with Crippen molar-refractivity contribution in [3.63, 3.8) is 0 Å². The first-order chi connectivity index (χ1) is 12.3. The molecule has 6 nitrogen and oxygen atoms in total. The van der Waals surface area contributed by atoms with Crippen LogP contribution in [0.3, 0.4) is 0 Å². The molecule has 0 unspecified atom stereocenters. The normalized spacial score (nSPS) is 15.4. The van der Waals surface area contributed by atoms with Crippen LogP contribution in [0.2, 0.25) is 0 Å². The molecular formula is C20H34Cl2N4O2. The van der Waals surface area contributed by atoms with Crippen LogP contribution in [0.1, 0.15) is 31.4 Å². The third-order valence-corrected chi connectivity index (χ3v) is 4.84. The third-order valence-electron chi connectivity index (χ3n) is 4.84. The molecule has 1 aliphatic rings. The number of carbonyl (C=O) groups is 2. The molecule has 0 radical (unpaired) electrons. The van der Waals surface area contributed by atoms with Crippen LogP contribution < -0.4 is 11.1 Å². The maximum absolute atomic E-state index is 12.4. The summed E-state index contributed by atoms with van der Waals surface area (Å²) in [5.74, 6) is 0.417.